The maximum absolute atomic E-state index is 10.9. The Bertz CT molecular complexity index is 568. The average molecular weight is 195 g/mol. The standard InChI is InChI=1S/C7H5N3O4/c11-7-8-6-4(9(7)12)2-1-3-5(6)10(13)14/h1-3,12H,(H,8,11). The summed E-state index contributed by atoms with van der Waals surface area (Å²) in [5.41, 5.74) is -0.934. The van der Waals surface area contributed by atoms with Gasteiger partial charge >= 0.3 is 5.69 Å². The van der Waals surface area contributed by atoms with Crippen LogP contribution in [0.4, 0.5) is 5.69 Å². The number of hydrogen-bond donors (Lipinski definition) is 2. The number of nitrogens with zero attached hydrogens (tertiary/aromatic N) is 2. The van der Waals surface area contributed by atoms with Crippen LogP contribution in [0.5, 0.6) is 0 Å². The normalized spacial score (nSPS) is 10.6. The molecule has 2 rings (SSSR count). The molecule has 0 fully saturated rings. The number of fused-ring (bicyclic) bond motifs is 1. The van der Waals surface area contributed by atoms with Crippen LogP contribution < -0.4 is 5.69 Å². The maximum atomic E-state index is 10.9. The third kappa shape index (κ3) is 0.954. The number of aromatic amines is 1. The SMILES string of the molecule is O=c1[nH]c2c([N+](=O)[O-])cccc2n1O. The number of hydrogen-bond acceptors (Lipinski definition) is 4. The molecule has 0 aliphatic carbocycles. The Morgan fingerprint density at radius 2 is 2.21 bits per heavy atom. The van der Waals surface area contributed by atoms with Crippen molar-refractivity contribution < 1.29 is 10.1 Å². The Labute approximate surface area is 76.3 Å². The molecule has 0 radical (unpaired) electrons. The van der Waals surface area contributed by atoms with E-state index < -0.39 is 10.6 Å². The van der Waals surface area contributed by atoms with E-state index in [1.165, 1.54) is 18.2 Å². The quantitative estimate of drug-likeness (QED) is 0.392. The van der Waals surface area contributed by atoms with E-state index in [-0.39, 0.29) is 16.7 Å². The van der Waals surface area contributed by atoms with Gasteiger partial charge in [-0.3, -0.25) is 15.1 Å². The lowest BCUT2D eigenvalue weighted by Crippen LogP contribution is -2.12. The van der Waals surface area contributed by atoms with Crippen molar-refractivity contribution in [2.75, 3.05) is 0 Å². The highest BCUT2D eigenvalue weighted by Crippen LogP contribution is 2.21. The van der Waals surface area contributed by atoms with E-state index in [0.717, 1.165) is 0 Å². The molecule has 1 heterocycles. The summed E-state index contributed by atoms with van der Waals surface area (Å²) in [7, 11) is 0. The van der Waals surface area contributed by atoms with Crippen molar-refractivity contribution >= 4 is 16.7 Å². The van der Waals surface area contributed by atoms with Crippen molar-refractivity contribution in [3.63, 3.8) is 0 Å². The summed E-state index contributed by atoms with van der Waals surface area (Å²) in [6.45, 7) is 0. The molecular formula is C7H5N3O4. The van der Waals surface area contributed by atoms with Crippen molar-refractivity contribution in [2.24, 2.45) is 0 Å². The first-order chi connectivity index (χ1) is 6.61. The van der Waals surface area contributed by atoms with Gasteiger partial charge in [0.15, 0.2) is 0 Å². The monoisotopic (exact) mass is 195 g/mol. The molecular weight excluding hydrogens is 190 g/mol. The van der Waals surface area contributed by atoms with E-state index in [0.29, 0.717) is 4.73 Å². The molecule has 1 aromatic heterocycles. The van der Waals surface area contributed by atoms with Crippen LogP contribution >= 0.6 is 0 Å². The number of para-hydroxylation sites is 1. The zero-order chi connectivity index (χ0) is 10.3. The van der Waals surface area contributed by atoms with Crippen molar-refractivity contribution in [1.29, 1.82) is 0 Å². The van der Waals surface area contributed by atoms with Crippen LogP contribution in [0.1, 0.15) is 0 Å². The van der Waals surface area contributed by atoms with Gasteiger partial charge in [0.1, 0.15) is 11.0 Å². The number of nitrogens with one attached hydrogen (secondary N) is 1. The summed E-state index contributed by atoms with van der Waals surface area (Å²) in [6, 6.07) is 4.04. The van der Waals surface area contributed by atoms with E-state index in [1.54, 1.807) is 0 Å². The number of rotatable bonds is 1. The predicted molar refractivity (Wildman–Crippen MR) is 46.4 cm³/mol. The van der Waals surface area contributed by atoms with Crippen molar-refractivity contribution in [2.45, 2.75) is 0 Å². The van der Waals surface area contributed by atoms with Gasteiger partial charge in [0, 0.05) is 6.07 Å². The molecule has 0 unspecified atom stereocenters. The van der Waals surface area contributed by atoms with Crippen molar-refractivity contribution in [1.82, 2.24) is 9.71 Å². The minimum Gasteiger partial charge on any atom is -0.424 e. The Morgan fingerprint density at radius 1 is 1.50 bits per heavy atom. The van der Waals surface area contributed by atoms with Crippen molar-refractivity contribution in [3.05, 3.63) is 38.8 Å². The van der Waals surface area contributed by atoms with Gasteiger partial charge in [0.25, 0.3) is 5.69 Å². The molecule has 72 valence electrons. The number of benzene rings is 1. The highest BCUT2D eigenvalue weighted by atomic mass is 16.6. The summed E-state index contributed by atoms with van der Waals surface area (Å²) < 4.78 is 0.336. The van der Waals surface area contributed by atoms with E-state index in [1.807, 2.05) is 0 Å². The molecule has 1 aromatic carbocycles. The summed E-state index contributed by atoms with van der Waals surface area (Å²) in [5.74, 6) is 0. The third-order valence-electron chi connectivity index (χ3n) is 1.87. The highest BCUT2D eigenvalue weighted by molar-refractivity contribution is 5.84. The second kappa shape index (κ2) is 2.59. The van der Waals surface area contributed by atoms with Crippen LogP contribution in [0.3, 0.4) is 0 Å². The summed E-state index contributed by atoms with van der Waals surface area (Å²) in [4.78, 5) is 23.0. The minimum atomic E-state index is -0.797. The summed E-state index contributed by atoms with van der Waals surface area (Å²) >= 11 is 0. The van der Waals surface area contributed by atoms with Crippen LogP contribution in [0.15, 0.2) is 23.0 Å². The molecule has 0 aliphatic heterocycles. The fourth-order valence-corrected chi connectivity index (χ4v) is 1.25. The minimum absolute atomic E-state index is 0.0185. The lowest BCUT2D eigenvalue weighted by atomic mass is 10.3. The van der Waals surface area contributed by atoms with E-state index >= 15 is 0 Å². The topological polar surface area (TPSA) is 101 Å². The van der Waals surface area contributed by atoms with Gasteiger partial charge in [-0.05, 0) is 6.07 Å². The van der Waals surface area contributed by atoms with Gasteiger partial charge in [-0.15, -0.1) is 4.73 Å². The molecule has 0 atom stereocenters. The van der Waals surface area contributed by atoms with Crippen LogP contribution in [0, 0.1) is 10.1 Å². The van der Waals surface area contributed by atoms with Gasteiger partial charge < -0.3 is 5.21 Å². The van der Waals surface area contributed by atoms with Gasteiger partial charge in [-0.25, -0.2) is 4.79 Å². The molecule has 7 nitrogen and oxygen atoms in total. The van der Waals surface area contributed by atoms with Crippen molar-refractivity contribution in [3.8, 4) is 0 Å². The first-order valence-corrected chi connectivity index (χ1v) is 3.68. The third-order valence-corrected chi connectivity index (χ3v) is 1.87. The molecule has 0 saturated carbocycles. The lowest BCUT2D eigenvalue weighted by molar-refractivity contribution is -0.383. The van der Waals surface area contributed by atoms with E-state index in [2.05, 4.69) is 4.98 Å². The molecule has 0 amide bonds. The fraction of sp³-hybridized carbons (Fsp3) is 0. The first kappa shape index (κ1) is 8.30. The smallest absolute Gasteiger partial charge is 0.359 e. The van der Waals surface area contributed by atoms with Crippen LogP contribution in [-0.2, 0) is 0 Å². The lowest BCUT2D eigenvalue weighted by Gasteiger charge is -1.92. The Balaban J connectivity index is 2.95. The van der Waals surface area contributed by atoms with Crippen LogP contribution in [0.25, 0.3) is 11.0 Å². The second-order valence-electron chi connectivity index (χ2n) is 2.67. The number of non-ortho nitro benzene ring substituents is 1. The van der Waals surface area contributed by atoms with Gasteiger partial charge in [0.05, 0.1) is 4.92 Å². The average Bonchev–Trinajstić information content (AvgIpc) is 2.43. The number of nitro benzene ring substituents is 1. The number of nitro groups is 1. The Hall–Kier alpha value is -2.31. The zero-order valence-corrected chi connectivity index (χ0v) is 6.80. The molecule has 7 heteroatoms. The molecule has 0 saturated heterocycles. The number of H-pyrrole nitrogens is 1. The van der Waals surface area contributed by atoms with Crippen LogP contribution in [0.2, 0.25) is 0 Å². The molecule has 0 aliphatic rings. The summed E-state index contributed by atoms with van der Waals surface area (Å²) in [6.07, 6.45) is 0. The largest absolute Gasteiger partial charge is 0.424 e. The first-order valence-electron chi connectivity index (χ1n) is 3.68. The maximum Gasteiger partial charge on any atom is 0.359 e. The summed E-state index contributed by atoms with van der Waals surface area (Å²) in [5, 5.41) is 19.7. The number of aromatic nitrogens is 2. The molecule has 2 N–H and O–H groups in total. The number of imidazole rings is 1. The van der Waals surface area contributed by atoms with Crippen LogP contribution in [-0.4, -0.2) is 19.8 Å². The van der Waals surface area contributed by atoms with Gasteiger partial charge in [-0.2, -0.15) is 0 Å². The molecule has 0 spiro atoms. The molecule has 2 aromatic rings. The molecule has 0 bridgehead atoms. The van der Waals surface area contributed by atoms with Gasteiger partial charge in [-0.1, -0.05) is 6.07 Å². The fourth-order valence-electron chi connectivity index (χ4n) is 1.25. The van der Waals surface area contributed by atoms with E-state index in [9.17, 15) is 14.9 Å². The molecule has 14 heavy (non-hydrogen) atoms. The van der Waals surface area contributed by atoms with E-state index in [4.69, 9.17) is 5.21 Å². The second-order valence-corrected chi connectivity index (χ2v) is 2.67. The Morgan fingerprint density at radius 3 is 2.86 bits per heavy atom. The highest BCUT2D eigenvalue weighted by Gasteiger charge is 2.16. The predicted octanol–water partition coefficient (Wildman–Crippen LogP) is 0.475. The zero-order valence-electron chi connectivity index (χ0n) is 6.80. The van der Waals surface area contributed by atoms with Gasteiger partial charge in [0.2, 0.25) is 0 Å². The Kier molecular flexibility index (Phi) is 1.53.